The fourth-order valence-corrected chi connectivity index (χ4v) is 3.51. The second-order valence-electron chi connectivity index (χ2n) is 6.66. The second kappa shape index (κ2) is 7.55. The Balaban J connectivity index is 1.99. The first kappa shape index (κ1) is 17.4. The molecular weight excluding hydrogens is 280 g/mol. The van der Waals surface area contributed by atoms with E-state index < -0.39 is 0 Å². The maximum Gasteiger partial charge on any atom is 0.0641 e. The van der Waals surface area contributed by atoms with Crippen molar-refractivity contribution in [3.05, 3.63) is 17.0 Å². The van der Waals surface area contributed by atoms with Crippen LogP contribution in [-0.4, -0.2) is 76.2 Å². The summed E-state index contributed by atoms with van der Waals surface area (Å²) < 4.78 is 1.94. The summed E-state index contributed by atoms with van der Waals surface area (Å²) in [5.74, 6) is 0.775. The topological polar surface area (TPSA) is 64.8 Å². The van der Waals surface area contributed by atoms with E-state index in [0.29, 0.717) is 18.4 Å². The highest BCUT2D eigenvalue weighted by molar-refractivity contribution is 5.24. The molecule has 2 N–H and O–H groups in total. The Labute approximate surface area is 133 Å². The largest absolute Gasteiger partial charge is 0.396 e. The van der Waals surface area contributed by atoms with Crippen LogP contribution in [0.25, 0.3) is 0 Å². The van der Waals surface area contributed by atoms with Crippen LogP contribution in [0.4, 0.5) is 0 Å². The molecule has 0 saturated carbocycles. The highest BCUT2D eigenvalue weighted by atomic mass is 16.3. The monoisotopic (exact) mass is 310 g/mol. The average Bonchev–Trinajstić information content (AvgIpc) is 2.95. The van der Waals surface area contributed by atoms with E-state index in [1.165, 1.54) is 11.3 Å². The molecule has 1 fully saturated rings. The molecule has 0 bridgehead atoms. The molecule has 2 rings (SSSR count). The lowest BCUT2D eigenvalue weighted by atomic mass is 9.96. The van der Waals surface area contributed by atoms with Crippen molar-refractivity contribution in [3.8, 4) is 0 Å². The Kier molecular flexibility index (Phi) is 5.97. The molecule has 6 nitrogen and oxygen atoms in total. The highest BCUT2D eigenvalue weighted by Crippen LogP contribution is 2.26. The average molecular weight is 310 g/mol. The van der Waals surface area contributed by atoms with Crippen LogP contribution >= 0.6 is 0 Å². The van der Waals surface area contributed by atoms with Gasteiger partial charge in [0.1, 0.15) is 0 Å². The molecule has 126 valence electrons. The molecule has 22 heavy (non-hydrogen) atoms. The van der Waals surface area contributed by atoms with Crippen LogP contribution in [0.1, 0.15) is 17.0 Å². The van der Waals surface area contributed by atoms with Gasteiger partial charge in [-0.15, -0.1) is 0 Å². The third-order valence-corrected chi connectivity index (χ3v) is 4.96. The standard InChI is InChI=1S/C16H30N4O2/c1-12-16(13(2)19(4)17-12)10-20-8-14(15(9-20)11-22)7-18(3)5-6-21/h14-15,21-22H,5-11H2,1-4H3/t14-,15-/m1/s1. The predicted molar refractivity (Wildman–Crippen MR) is 86.6 cm³/mol. The molecule has 0 aromatic carbocycles. The third kappa shape index (κ3) is 3.87. The first-order valence-corrected chi connectivity index (χ1v) is 8.08. The minimum absolute atomic E-state index is 0.185. The van der Waals surface area contributed by atoms with E-state index >= 15 is 0 Å². The number of aliphatic hydroxyl groups excluding tert-OH is 2. The number of hydrogen-bond donors (Lipinski definition) is 2. The third-order valence-electron chi connectivity index (χ3n) is 4.96. The molecule has 6 heteroatoms. The molecule has 1 aliphatic rings. The molecule has 2 atom stereocenters. The number of likely N-dealkylation sites (N-methyl/N-ethyl adjacent to an activating group) is 1. The van der Waals surface area contributed by atoms with Gasteiger partial charge in [0.25, 0.3) is 0 Å². The van der Waals surface area contributed by atoms with Gasteiger partial charge in [0.05, 0.1) is 12.3 Å². The molecule has 0 unspecified atom stereocenters. The van der Waals surface area contributed by atoms with Crippen LogP contribution < -0.4 is 0 Å². The van der Waals surface area contributed by atoms with Crippen LogP contribution in [0.5, 0.6) is 0 Å². The van der Waals surface area contributed by atoms with E-state index in [9.17, 15) is 5.11 Å². The van der Waals surface area contributed by atoms with E-state index in [2.05, 4.69) is 28.7 Å². The second-order valence-corrected chi connectivity index (χ2v) is 6.66. The normalized spacial score (nSPS) is 22.9. The molecule has 1 aromatic rings. The van der Waals surface area contributed by atoms with Crippen molar-refractivity contribution >= 4 is 0 Å². The number of likely N-dealkylation sites (tertiary alicyclic amines) is 1. The van der Waals surface area contributed by atoms with Crippen molar-refractivity contribution in [1.29, 1.82) is 0 Å². The van der Waals surface area contributed by atoms with Crippen molar-refractivity contribution in [1.82, 2.24) is 19.6 Å². The molecule has 0 spiro atoms. The van der Waals surface area contributed by atoms with Crippen LogP contribution in [0.2, 0.25) is 0 Å². The molecule has 0 radical (unpaired) electrons. The molecule has 1 aromatic heterocycles. The zero-order valence-corrected chi connectivity index (χ0v) is 14.3. The van der Waals surface area contributed by atoms with Gasteiger partial charge >= 0.3 is 0 Å². The van der Waals surface area contributed by atoms with E-state index in [0.717, 1.165) is 31.9 Å². The van der Waals surface area contributed by atoms with Gasteiger partial charge in [-0.2, -0.15) is 5.10 Å². The van der Waals surface area contributed by atoms with Gasteiger partial charge in [0.2, 0.25) is 0 Å². The van der Waals surface area contributed by atoms with Gasteiger partial charge in [0, 0.05) is 57.6 Å². The summed E-state index contributed by atoms with van der Waals surface area (Å²) in [5.41, 5.74) is 3.63. The number of aromatic nitrogens is 2. The Morgan fingerprint density at radius 2 is 1.91 bits per heavy atom. The molecule has 1 saturated heterocycles. The first-order chi connectivity index (χ1) is 10.5. The highest BCUT2D eigenvalue weighted by Gasteiger charge is 2.33. The van der Waals surface area contributed by atoms with Gasteiger partial charge in [-0.25, -0.2) is 0 Å². The van der Waals surface area contributed by atoms with E-state index in [1.54, 1.807) is 0 Å². The van der Waals surface area contributed by atoms with Gasteiger partial charge in [-0.05, 0) is 32.7 Å². The summed E-state index contributed by atoms with van der Waals surface area (Å²) in [6, 6.07) is 0. The Morgan fingerprint density at radius 3 is 2.45 bits per heavy atom. The first-order valence-electron chi connectivity index (χ1n) is 8.08. The summed E-state index contributed by atoms with van der Waals surface area (Å²) in [6.07, 6.45) is 0. The molecular formula is C16H30N4O2. The van der Waals surface area contributed by atoms with Gasteiger partial charge in [-0.1, -0.05) is 0 Å². The fourth-order valence-electron chi connectivity index (χ4n) is 3.51. The maximum atomic E-state index is 9.67. The number of hydrogen-bond acceptors (Lipinski definition) is 5. The summed E-state index contributed by atoms with van der Waals surface area (Å²) in [7, 11) is 4.02. The summed E-state index contributed by atoms with van der Waals surface area (Å²) in [6.45, 7) is 9.04. The molecule has 1 aliphatic heterocycles. The summed E-state index contributed by atoms with van der Waals surface area (Å²) in [4.78, 5) is 4.58. The van der Waals surface area contributed by atoms with Crippen molar-refractivity contribution in [3.63, 3.8) is 0 Å². The fraction of sp³-hybridized carbons (Fsp3) is 0.812. The molecule has 0 amide bonds. The quantitative estimate of drug-likeness (QED) is 0.742. The maximum absolute atomic E-state index is 9.67. The van der Waals surface area contributed by atoms with Crippen molar-refractivity contribution < 1.29 is 10.2 Å². The van der Waals surface area contributed by atoms with Gasteiger partial charge < -0.3 is 15.1 Å². The zero-order valence-electron chi connectivity index (χ0n) is 14.3. The van der Waals surface area contributed by atoms with Crippen molar-refractivity contribution in [2.45, 2.75) is 20.4 Å². The number of rotatable bonds is 7. The van der Waals surface area contributed by atoms with E-state index in [1.807, 2.05) is 18.8 Å². The van der Waals surface area contributed by atoms with Crippen LogP contribution in [0.15, 0.2) is 0 Å². The van der Waals surface area contributed by atoms with Crippen LogP contribution in [-0.2, 0) is 13.6 Å². The molecule has 2 heterocycles. The summed E-state index contributed by atoms with van der Waals surface area (Å²) in [5, 5.41) is 23.2. The van der Waals surface area contributed by atoms with Crippen molar-refractivity contribution in [2.75, 3.05) is 46.4 Å². The number of nitrogens with zero attached hydrogens (tertiary/aromatic N) is 4. The minimum atomic E-state index is 0.185. The summed E-state index contributed by atoms with van der Waals surface area (Å²) >= 11 is 0. The predicted octanol–water partition coefficient (Wildman–Crippen LogP) is 0.00134. The molecule has 0 aliphatic carbocycles. The van der Waals surface area contributed by atoms with E-state index in [4.69, 9.17) is 5.11 Å². The van der Waals surface area contributed by atoms with Crippen LogP contribution in [0, 0.1) is 25.7 Å². The number of aliphatic hydroxyl groups is 2. The SMILES string of the molecule is Cc1nn(C)c(C)c1CN1C[C@@H](CN(C)CCO)[C@@H](CO)C1. The van der Waals surface area contributed by atoms with Gasteiger partial charge in [0.15, 0.2) is 0 Å². The Morgan fingerprint density at radius 1 is 1.23 bits per heavy atom. The van der Waals surface area contributed by atoms with Crippen molar-refractivity contribution in [2.24, 2.45) is 18.9 Å². The van der Waals surface area contributed by atoms with Crippen LogP contribution in [0.3, 0.4) is 0 Å². The lowest BCUT2D eigenvalue weighted by molar-refractivity contribution is 0.160. The lowest BCUT2D eigenvalue weighted by Crippen LogP contribution is -2.33. The number of aryl methyl sites for hydroxylation is 2. The Bertz CT molecular complexity index is 489. The zero-order chi connectivity index (χ0) is 16.3. The van der Waals surface area contributed by atoms with Gasteiger partial charge in [-0.3, -0.25) is 9.58 Å². The smallest absolute Gasteiger partial charge is 0.0641 e. The van der Waals surface area contributed by atoms with E-state index in [-0.39, 0.29) is 13.2 Å². The minimum Gasteiger partial charge on any atom is -0.396 e. The Hall–Kier alpha value is -0.950. The lowest BCUT2D eigenvalue weighted by Gasteiger charge is -2.23.